The van der Waals surface area contributed by atoms with E-state index in [2.05, 4.69) is 0 Å². The molecular formula is C24H19NO4S3. The number of para-hydroxylation sites is 1. The largest absolute Gasteiger partial charge is 0.490 e. The van der Waals surface area contributed by atoms with Crippen LogP contribution in [0.4, 0.5) is 5.69 Å². The standard InChI is InChI=1S/C24H19NO4S3/c1-3-28-19-13-16(10-11-18(19)29-23(27)20-9-6-12-31-20)14-21-22(26)25(24(30)32-21)17-8-5-4-7-15(17)2/h4-14H,3H2,1-2H3. The smallest absolute Gasteiger partial charge is 0.353 e. The summed E-state index contributed by atoms with van der Waals surface area (Å²) >= 11 is 8.04. The molecule has 32 heavy (non-hydrogen) atoms. The second-order valence-electron chi connectivity index (χ2n) is 6.81. The molecule has 1 aliphatic heterocycles. The van der Waals surface area contributed by atoms with E-state index in [9.17, 15) is 9.59 Å². The summed E-state index contributed by atoms with van der Waals surface area (Å²) in [6.07, 6.45) is 1.77. The quantitative estimate of drug-likeness (QED) is 0.184. The number of hydrogen-bond donors (Lipinski definition) is 0. The van der Waals surface area contributed by atoms with Crippen molar-refractivity contribution in [2.24, 2.45) is 0 Å². The molecule has 0 unspecified atom stereocenters. The number of nitrogens with zero attached hydrogens (tertiary/aromatic N) is 1. The van der Waals surface area contributed by atoms with Crippen molar-refractivity contribution in [2.45, 2.75) is 13.8 Å². The van der Waals surface area contributed by atoms with Crippen LogP contribution in [0.1, 0.15) is 27.7 Å². The number of benzene rings is 2. The minimum atomic E-state index is -0.437. The lowest BCUT2D eigenvalue weighted by molar-refractivity contribution is -0.113. The molecule has 1 aliphatic rings. The first kappa shape index (κ1) is 22.3. The number of ether oxygens (including phenoxy) is 2. The Balaban J connectivity index is 1.60. The van der Waals surface area contributed by atoms with Gasteiger partial charge in [0.1, 0.15) is 4.88 Å². The maximum absolute atomic E-state index is 13.1. The van der Waals surface area contributed by atoms with Gasteiger partial charge in [-0.25, -0.2) is 4.79 Å². The van der Waals surface area contributed by atoms with E-state index >= 15 is 0 Å². The van der Waals surface area contributed by atoms with Gasteiger partial charge in [0.05, 0.1) is 17.2 Å². The van der Waals surface area contributed by atoms with Crippen molar-refractivity contribution in [1.82, 2.24) is 0 Å². The molecule has 0 N–H and O–H groups in total. The summed E-state index contributed by atoms with van der Waals surface area (Å²) in [7, 11) is 0. The van der Waals surface area contributed by atoms with Gasteiger partial charge in [-0.2, -0.15) is 0 Å². The van der Waals surface area contributed by atoms with Gasteiger partial charge in [0.2, 0.25) is 0 Å². The monoisotopic (exact) mass is 481 g/mol. The molecule has 0 radical (unpaired) electrons. The third-order valence-corrected chi connectivity index (χ3v) is 6.79. The predicted molar refractivity (Wildman–Crippen MR) is 134 cm³/mol. The van der Waals surface area contributed by atoms with Crippen molar-refractivity contribution < 1.29 is 19.1 Å². The summed E-state index contributed by atoms with van der Waals surface area (Å²) in [5.41, 5.74) is 2.50. The molecule has 2 heterocycles. The Hall–Kier alpha value is -2.94. The van der Waals surface area contributed by atoms with E-state index in [0.29, 0.717) is 32.2 Å². The molecule has 1 fully saturated rings. The Bertz CT molecular complexity index is 1220. The lowest BCUT2D eigenvalue weighted by Gasteiger charge is -2.16. The summed E-state index contributed by atoms with van der Waals surface area (Å²) in [5, 5.41) is 1.82. The van der Waals surface area contributed by atoms with Crippen molar-refractivity contribution in [3.63, 3.8) is 0 Å². The van der Waals surface area contributed by atoms with E-state index in [-0.39, 0.29) is 5.91 Å². The van der Waals surface area contributed by atoms with Gasteiger partial charge in [-0.1, -0.05) is 54.3 Å². The SMILES string of the molecule is CCOc1cc(C=C2SC(=S)N(c3ccccc3C)C2=O)ccc1OC(=O)c1cccs1. The zero-order valence-electron chi connectivity index (χ0n) is 17.4. The molecule has 1 amide bonds. The third kappa shape index (κ3) is 4.62. The van der Waals surface area contributed by atoms with Gasteiger partial charge in [-0.3, -0.25) is 9.69 Å². The lowest BCUT2D eigenvalue weighted by atomic mass is 10.1. The molecule has 5 nitrogen and oxygen atoms in total. The lowest BCUT2D eigenvalue weighted by Crippen LogP contribution is -2.28. The first-order chi connectivity index (χ1) is 15.5. The summed E-state index contributed by atoms with van der Waals surface area (Å²) in [6, 6.07) is 16.3. The Kier molecular flexibility index (Phi) is 6.74. The molecule has 0 saturated carbocycles. The van der Waals surface area contributed by atoms with E-state index in [0.717, 1.165) is 16.8 Å². The number of rotatable bonds is 6. The van der Waals surface area contributed by atoms with Crippen LogP contribution in [0.3, 0.4) is 0 Å². The molecule has 8 heteroatoms. The van der Waals surface area contributed by atoms with Crippen LogP contribution in [-0.2, 0) is 4.79 Å². The normalized spacial score (nSPS) is 14.8. The fraction of sp³-hybridized carbons (Fsp3) is 0.125. The second-order valence-corrected chi connectivity index (χ2v) is 9.43. The number of carbonyl (C=O) groups excluding carboxylic acids is 2. The Morgan fingerprint density at radius 3 is 2.66 bits per heavy atom. The van der Waals surface area contributed by atoms with Crippen molar-refractivity contribution in [1.29, 1.82) is 0 Å². The average molecular weight is 482 g/mol. The van der Waals surface area contributed by atoms with Crippen LogP contribution < -0.4 is 14.4 Å². The van der Waals surface area contributed by atoms with Crippen molar-refractivity contribution in [2.75, 3.05) is 11.5 Å². The zero-order chi connectivity index (χ0) is 22.7. The van der Waals surface area contributed by atoms with E-state index in [1.165, 1.54) is 23.1 Å². The van der Waals surface area contributed by atoms with Crippen LogP contribution in [0.15, 0.2) is 64.9 Å². The molecule has 0 atom stereocenters. The van der Waals surface area contributed by atoms with Crippen LogP contribution >= 0.6 is 35.3 Å². The number of carbonyl (C=O) groups is 2. The molecule has 0 spiro atoms. The van der Waals surface area contributed by atoms with Crippen LogP contribution in [0.2, 0.25) is 0 Å². The molecule has 1 aromatic heterocycles. The topological polar surface area (TPSA) is 55.8 Å². The highest BCUT2D eigenvalue weighted by atomic mass is 32.2. The van der Waals surface area contributed by atoms with Crippen LogP contribution in [-0.4, -0.2) is 22.8 Å². The average Bonchev–Trinajstić information content (AvgIpc) is 3.40. The molecule has 0 bridgehead atoms. The summed E-state index contributed by atoms with van der Waals surface area (Å²) < 4.78 is 11.7. The number of hydrogen-bond acceptors (Lipinski definition) is 7. The van der Waals surface area contributed by atoms with Crippen molar-refractivity contribution in [3.8, 4) is 11.5 Å². The first-order valence-electron chi connectivity index (χ1n) is 9.84. The van der Waals surface area contributed by atoms with E-state index in [4.69, 9.17) is 21.7 Å². The van der Waals surface area contributed by atoms with Crippen LogP contribution in [0.25, 0.3) is 6.08 Å². The molecule has 0 aliphatic carbocycles. The second kappa shape index (κ2) is 9.68. The fourth-order valence-electron chi connectivity index (χ4n) is 3.15. The van der Waals surface area contributed by atoms with E-state index < -0.39 is 5.97 Å². The first-order valence-corrected chi connectivity index (χ1v) is 11.9. The molecule has 4 rings (SSSR count). The Morgan fingerprint density at radius 2 is 1.94 bits per heavy atom. The van der Waals surface area contributed by atoms with E-state index in [1.807, 2.05) is 43.5 Å². The molecule has 3 aromatic rings. The van der Waals surface area contributed by atoms with Gasteiger partial charge in [-0.15, -0.1) is 11.3 Å². The minimum absolute atomic E-state index is 0.166. The molecule has 1 saturated heterocycles. The third-order valence-electron chi connectivity index (χ3n) is 4.64. The molecular weight excluding hydrogens is 462 g/mol. The predicted octanol–water partition coefficient (Wildman–Crippen LogP) is 6.08. The summed E-state index contributed by atoms with van der Waals surface area (Å²) in [5.74, 6) is 0.156. The van der Waals surface area contributed by atoms with Gasteiger partial charge >= 0.3 is 5.97 Å². The summed E-state index contributed by atoms with van der Waals surface area (Å²) in [6.45, 7) is 4.20. The maximum atomic E-state index is 13.1. The van der Waals surface area contributed by atoms with Crippen LogP contribution in [0, 0.1) is 6.92 Å². The highest BCUT2D eigenvalue weighted by Gasteiger charge is 2.34. The Labute approximate surface area is 199 Å². The van der Waals surface area contributed by atoms with Gasteiger partial charge in [0.15, 0.2) is 15.8 Å². The van der Waals surface area contributed by atoms with Crippen LogP contribution in [0.5, 0.6) is 11.5 Å². The number of thiocarbonyl (C=S) groups is 1. The molecule has 2 aromatic carbocycles. The van der Waals surface area contributed by atoms with Crippen molar-refractivity contribution >= 4 is 63.3 Å². The highest BCUT2D eigenvalue weighted by molar-refractivity contribution is 8.27. The van der Waals surface area contributed by atoms with Gasteiger partial charge in [0, 0.05) is 0 Å². The fourth-order valence-corrected chi connectivity index (χ4v) is 5.04. The maximum Gasteiger partial charge on any atom is 0.353 e. The Morgan fingerprint density at radius 1 is 1.12 bits per heavy atom. The van der Waals surface area contributed by atoms with E-state index in [1.54, 1.807) is 41.3 Å². The number of thiophene rings is 1. The number of anilines is 1. The minimum Gasteiger partial charge on any atom is -0.490 e. The van der Waals surface area contributed by atoms with Gasteiger partial charge in [-0.05, 0) is 60.7 Å². The van der Waals surface area contributed by atoms with Gasteiger partial charge < -0.3 is 9.47 Å². The number of thioether (sulfide) groups is 1. The van der Waals surface area contributed by atoms with Gasteiger partial charge in [0.25, 0.3) is 5.91 Å². The number of amides is 1. The zero-order valence-corrected chi connectivity index (χ0v) is 19.8. The number of esters is 1. The number of aryl methyl sites for hydroxylation is 1. The van der Waals surface area contributed by atoms with Crippen molar-refractivity contribution in [3.05, 3.63) is 80.9 Å². The molecule has 162 valence electrons. The summed E-state index contributed by atoms with van der Waals surface area (Å²) in [4.78, 5) is 28.0. The highest BCUT2D eigenvalue weighted by Crippen LogP contribution is 2.38.